The molecular weight excluding hydrogens is 176 g/mol. The van der Waals surface area contributed by atoms with Crippen LogP contribution in [0.2, 0.25) is 0 Å². The number of nitrogens with zero attached hydrogens (tertiary/aromatic N) is 2. The molecule has 0 aromatic heterocycles. The van der Waals surface area contributed by atoms with Crippen molar-refractivity contribution in [1.82, 2.24) is 4.90 Å². The normalized spacial score (nSPS) is 9.86. The molecule has 1 aromatic carbocycles. The van der Waals surface area contributed by atoms with Crippen molar-refractivity contribution in [3.05, 3.63) is 35.4 Å². The van der Waals surface area contributed by atoms with Gasteiger partial charge in [0.15, 0.2) is 5.78 Å². The Labute approximate surface area is 83.6 Å². The lowest BCUT2D eigenvalue weighted by Gasteiger charge is -2.07. The summed E-state index contributed by atoms with van der Waals surface area (Å²) in [5, 5.41) is 8.57. The Hall–Kier alpha value is -1.66. The molecule has 0 unspecified atom stereocenters. The average molecular weight is 188 g/mol. The monoisotopic (exact) mass is 188 g/mol. The van der Waals surface area contributed by atoms with Crippen LogP contribution in [0.1, 0.15) is 15.9 Å². The van der Waals surface area contributed by atoms with Gasteiger partial charge in [0.25, 0.3) is 0 Å². The van der Waals surface area contributed by atoms with Crippen LogP contribution in [0.3, 0.4) is 0 Å². The number of carbonyl (C=O) groups excluding carboxylic acids is 1. The van der Waals surface area contributed by atoms with E-state index in [-0.39, 0.29) is 5.78 Å². The zero-order chi connectivity index (χ0) is 10.6. The first-order valence-electron chi connectivity index (χ1n) is 4.31. The van der Waals surface area contributed by atoms with Crippen molar-refractivity contribution in [2.24, 2.45) is 0 Å². The van der Waals surface area contributed by atoms with Crippen LogP contribution < -0.4 is 0 Å². The van der Waals surface area contributed by atoms with E-state index >= 15 is 0 Å². The van der Waals surface area contributed by atoms with E-state index in [2.05, 4.69) is 0 Å². The lowest BCUT2D eigenvalue weighted by molar-refractivity contribution is 0.0958. The van der Waals surface area contributed by atoms with Gasteiger partial charge in [0, 0.05) is 5.56 Å². The summed E-state index contributed by atoms with van der Waals surface area (Å²) >= 11 is 0. The molecule has 3 nitrogen and oxygen atoms in total. The summed E-state index contributed by atoms with van der Waals surface area (Å²) in [4.78, 5) is 13.4. The van der Waals surface area contributed by atoms with Gasteiger partial charge in [-0.05, 0) is 26.2 Å². The van der Waals surface area contributed by atoms with Crippen molar-refractivity contribution in [1.29, 1.82) is 5.26 Å². The highest BCUT2D eigenvalue weighted by Gasteiger charge is 2.06. The second-order valence-electron chi connectivity index (χ2n) is 3.35. The summed E-state index contributed by atoms with van der Waals surface area (Å²) in [5.41, 5.74) is 1.23. The van der Waals surface area contributed by atoms with Crippen LogP contribution in [-0.2, 0) is 0 Å². The third-order valence-corrected chi connectivity index (χ3v) is 1.80. The molecule has 0 atom stereocenters. The molecule has 72 valence electrons. The molecular formula is C11H12N2O. The second kappa shape index (κ2) is 4.54. The molecule has 0 radical (unpaired) electrons. The van der Waals surface area contributed by atoms with Crippen LogP contribution >= 0.6 is 0 Å². The molecule has 0 amide bonds. The van der Waals surface area contributed by atoms with Crippen molar-refractivity contribution in [3.8, 4) is 6.07 Å². The van der Waals surface area contributed by atoms with Gasteiger partial charge in [-0.2, -0.15) is 5.26 Å². The Morgan fingerprint density at radius 2 is 1.93 bits per heavy atom. The number of rotatable bonds is 3. The van der Waals surface area contributed by atoms with E-state index in [1.165, 1.54) is 0 Å². The van der Waals surface area contributed by atoms with Gasteiger partial charge in [0.2, 0.25) is 0 Å². The lowest BCUT2D eigenvalue weighted by atomic mass is 10.1. The molecule has 0 fully saturated rings. The third kappa shape index (κ3) is 2.68. The maximum atomic E-state index is 11.5. The Morgan fingerprint density at radius 3 is 2.36 bits per heavy atom. The van der Waals surface area contributed by atoms with E-state index < -0.39 is 0 Å². The fourth-order valence-electron chi connectivity index (χ4n) is 1.11. The van der Waals surface area contributed by atoms with Gasteiger partial charge in [-0.3, -0.25) is 4.79 Å². The van der Waals surface area contributed by atoms with Gasteiger partial charge < -0.3 is 4.90 Å². The number of benzene rings is 1. The largest absolute Gasteiger partial charge is 0.302 e. The van der Waals surface area contributed by atoms with Gasteiger partial charge in [0.1, 0.15) is 0 Å². The summed E-state index contributed by atoms with van der Waals surface area (Å²) in [5.74, 6) is 0.0690. The highest BCUT2D eigenvalue weighted by molar-refractivity contribution is 5.97. The Morgan fingerprint density at radius 1 is 1.36 bits per heavy atom. The molecule has 0 N–H and O–H groups in total. The van der Waals surface area contributed by atoms with Crippen molar-refractivity contribution in [3.63, 3.8) is 0 Å². The maximum Gasteiger partial charge on any atom is 0.176 e. The van der Waals surface area contributed by atoms with Crippen molar-refractivity contribution >= 4 is 5.78 Å². The van der Waals surface area contributed by atoms with E-state index in [4.69, 9.17) is 5.26 Å². The first-order valence-corrected chi connectivity index (χ1v) is 4.31. The zero-order valence-corrected chi connectivity index (χ0v) is 8.32. The molecule has 0 bridgehead atoms. The minimum atomic E-state index is 0.0690. The van der Waals surface area contributed by atoms with Gasteiger partial charge in [-0.1, -0.05) is 12.1 Å². The van der Waals surface area contributed by atoms with E-state index in [9.17, 15) is 4.79 Å². The smallest absolute Gasteiger partial charge is 0.176 e. The molecule has 1 aromatic rings. The van der Waals surface area contributed by atoms with E-state index in [0.717, 1.165) is 0 Å². The van der Waals surface area contributed by atoms with Crippen LogP contribution in [0, 0.1) is 11.3 Å². The summed E-state index contributed by atoms with van der Waals surface area (Å²) in [6.45, 7) is 0.395. The molecule has 0 heterocycles. The number of hydrogen-bond acceptors (Lipinski definition) is 3. The Kier molecular flexibility index (Phi) is 3.38. The molecule has 3 heteroatoms. The summed E-state index contributed by atoms with van der Waals surface area (Å²) in [6, 6.07) is 8.69. The number of nitriles is 1. The number of carbonyl (C=O) groups is 1. The van der Waals surface area contributed by atoms with E-state index in [1.807, 2.05) is 25.1 Å². The topological polar surface area (TPSA) is 44.1 Å². The minimum absolute atomic E-state index is 0.0690. The highest BCUT2D eigenvalue weighted by atomic mass is 16.1. The van der Waals surface area contributed by atoms with Crippen LogP contribution in [0.25, 0.3) is 0 Å². The first-order chi connectivity index (χ1) is 6.63. The molecule has 0 aliphatic heterocycles. The molecule has 14 heavy (non-hydrogen) atoms. The fourth-order valence-corrected chi connectivity index (χ4v) is 1.11. The van der Waals surface area contributed by atoms with E-state index in [0.29, 0.717) is 17.7 Å². The summed E-state index contributed by atoms with van der Waals surface area (Å²) in [7, 11) is 3.70. The second-order valence-corrected chi connectivity index (χ2v) is 3.35. The van der Waals surface area contributed by atoms with Gasteiger partial charge in [0.05, 0.1) is 18.2 Å². The third-order valence-electron chi connectivity index (χ3n) is 1.80. The fraction of sp³-hybridized carbons (Fsp3) is 0.273. The van der Waals surface area contributed by atoms with Gasteiger partial charge in [-0.25, -0.2) is 0 Å². The number of likely N-dealkylation sites (N-methyl/N-ethyl adjacent to an activating group) is 1. The molecule has 0 aliphatic carbocycles. The molecule has 0 saturated carbocycles. The van der Waals surface area contributed by atoms with Gasteiger partial charge >= 0.3 is 0 Å². The van der Waals surface area contributed by atoms with Crippen molar-refractivity contribution in [2.75, 3.05) is 20.6 Å². The Bertz CT molecular complexity index is 360. The van der Waals surface area contributed by atoms with Crippen LogP contribution in [0.4, 0.5) is 0 Å². The van der Waals surface area contributed by atoms with Crippen LogP contribution in [-0.4, -0.2) is 31.3 Å². The van der Waals surface area contributed by atoms with Crippen molar-refractivity contribution in [2.45, 2.75) is 0 Å². The standard InChI is InChI=1S/C11H12N2O/c1-13(2)8-11(14)10-5-3-9(7-12)4-6-10/h3-6H,8H2,1-2H3. The number of hydrogen-bond donors (Lipinski definition) is 0. The first kappa shape index (κ1) is 10.4. The minimum Gasteiger partial charge on any atom is -0.302 e. The predicted molar refractivity (Wildman–Crippen MR) is 54.0 cm³/mol. The number of ketones is 1. The quantitative estimate of drug-likeness (QED) is 0.671. The average Bonchev–Trinajstić information content (AvgIpc) is 2.17. The SMILES string of the molecule is CN(C)CC(=O)c1ccc(C#N)cc1. The van der Waals surface area contributed by atoms with E-state index in [1.54, 1.807) is 24.3 Å². The zero-order valence-electron chi connectivity index (χ0n) is 8.32. The maximum absolute atomic E-state index is 11.5. The molecule has 0 aliphatic rings. The molecule has 0 spiro atoms. The summed E-state index contributed by atoms with van der Waals surface area (Å²) < 4.78 is 0. The predicted octanol–water partition coefficient (Wildman–Crippen LogP) is 1.30. The van der Waals surface area contributed by atoms with Gasteiger partial charge in [-0.15, -0.1) is 0 Å². The van der Waals surface area contributed by atoms with Crippen LogP contribution in [0.5, 0.6) is 0 Å². The van der Waals surface area contributed by atoms with Crippen LogP contribution in [0.15, 0.2) is 24.3 Å². The lowest BCUT2D eigenvalue weighted by Crippen LogP contribution is -2.21. The summed E-state index contributed by atoms with van der Waals surface area (Å²) in [6.07, 6.45) is 0. The molecule has 0 saturated heterocycles. The number of Topliss-reactive ketones (excluding diaryl/α,β-unsaturated/α-hetero) is 1. The highest BCUT2D eigenvalue weighted by Crippen LogP contribution is 2.04. The molecule has 1 rings (SSSR count). The Balaban J connectivity index is 2.78. The van der Waals surface area contributed by atoms with Crippen molar-refractivity contribution < 1.29 is 4.79 Å².